The number of nitrogens with zero attached hydrogens (tertiary/aromatic N) is 1. The molecule has 1 heterocycles. The number of unbranched alkanes of at least 4 members (excludes halogenated alkanes) is 2. The molecule has 1 aliphatic heterocycles. The third kappa shape index (κ3) is 6.42. The normalized spacial score (nSPS) is 21.0. The number of carbonyl (C=O) groups excluding carboxylic acids is 3. The summed E-state index contributed by atoms with van der Waals surface area (Å²) in [6.45, 7) is 7.44. The van der Waals surface area contributed by atoms with E-state index in [1.807, 2.05) is 6.92 Å². The minimum absolute atomic E-state index is 0.179. The van der Waals surface area contributed by atoms with Crippen molar-refractivity contribution in [1.82, 2.24) is 15.7 Å². The Morgan fingerprint density at radius 2 is 1.83 bits per heavy atom. The second-order valence-electron chi connectivity index (χ2n) is 8.33. The summed E-state index contributed by atoms with van der Waals surface area (Å²) in [5, 5.41) is 21.1. The zero-order chi connectivity index (χ0) is 22.2. The van der Waals surface area contributed by atoms with Crippen molar-refractivity contribution in [1.29, 1.82) is 0 Å². The maximum atomic E-state index is 13.1. The fourth-order valence-corrected chi connectivity index (χ4v) is 3.73. The van der Waals surface area contributed by atoms with Crippen molar-refractivity contribution in [2.24, 2.45) is 11.8 Å². The molecule has 0 aliphatic carbocycles. The van der Waals surface area contributed by atoms with E-state index in [9.17, 15) is 24.3 Å². The molecule has 3 atom stereocenters. The first-order valence-corrected chi connectivity index (χ1v) is 10.4. The molecule has 0 aromatic heterocycles. The molecule has 0 aromatic rings. The quantitative estimate of drug-likeness (QED) is 0.231. The number of hydrogen-bond donors (Lipinski definition) is 4. The number of carboxylic acids is 1. The predicted octanol–water partition coefficient (Wildman–Crippen LogP) is 1.68. The summed E-state index contributed by atoms with van der Waals surface area (Å²) >= 11 is 0. The summed E-state index contributed by atoms with van der Waals surface area (Å²) in [4.78, 5) is 50.6. The van der Waals surface area contributed by atoms with Crippen LogP contribution in [-0.4, -0.2) is 57.0 Å². The second kappa shape index (κ2) is 11.1. The summed E-state index contributed by atoms with van der Waals surface area (Å²) in [5.74, 6) is -3.51. The van der Waals surface area contributed by atoms with Gasteiger partial charge in [-0.25, -0.2) is 10.3 Å². The molecule has 4 N–H and O–H groups in total. The van der Waals surface area contributed by atoms with E-state index in [0.717, 1.165) is 19.3 Å². The Kier molecular flexibility index (Phi) is 9.55. The van der Waals surface area contributed by atoms with Crippen LogP contribution in [0.5, 0.6) is 0 Å². The van der Waals surface area contributed by atoms with E-state index >= 15 is 0 Å². The van der Waals surface area contributed by atoms with Gasteiger partial charge in [0.2, 0.25) is 17.7 Å². The molecule has 9 nitrogen and oxygen atoms in total. The van der Waals surface area contributed by atoms with Gasteiger partial charge in [0.05, 0.1) is 0 Å². The van der Waals surface area contributed by atoms with Gasteiger partial charge in [-0.1, -0.05) is 40.0 Å². The van der Waals surface area contributed by atoms with Gasteiger partial charge in [0, 0.05) is 18.9 Å². The van der Waals surface area contributed by atoms with E-state index in [-0.39, 0.29) is 12.3 Å². The van der Waals surface area contributed by atoms with Crippen LogP contribution in [0.15, 0.2) is 0 Å². The molecule has 9 heteroatoms. The lowest BCUT2D eigenvalue weighted by molar-refractivity contribution is -0.157. The first-order valence-electron chi connectivity index (χ1n) is 10.4. The lowest BCUT2D eigenvalue weighted by Crippen LogP contribution is -2.59. The molecular formula is C20H35N3O6. The van der Waals surface area contributed by atoms with E-state index in [2.05, 4.69) is 5.32 Å². The van der Waals surface area contributed by atoms with Crippen molar-refractivity contribution < 1.29 is 29.5 Å². The Balaban J connectivity index is 2.96. The highest BCUT2D eigenvalue weighted by molar-refractivity contribution is 5.93. The van der Waals surface area contributed by atoms with Crippen molar-refractivity contribution in [2.45, 2.75) is 84.2 Å². The maximum absolute atomic E-state index is 13.1. The largest absolute Gasteiger partial charge is 0.480 e. The molecule has 29 heavy (non-hydrogen) atoms. The van der Waals surface area contributed by atoms with Crippen LogP contribution < -0.4 is 10.8 Å². The van der Waals surface area contributed by atoms with Crippen molar-refractivity contribution in [3.8, 4) is 0 Å². The third-order valence-corrected chi connectivity index (χ3v) is 5.68. The van der Waals surface area contributed by atoms with E-state index in [1.54, 1.807) is 19.3 Å². The average Bonchev–Trinajstić information content (AvgIpc) is 3.07. The molecule has 1 fully saturated rings. The molecule has 0 aromatic carbocycles. The van der Waals surface area contributed by atoms with Crippen molar-refractivity contribution in [3.05, 3.63) is 0 Å². The Morgan fingerprint density at radius 1 is 1.17 bits per heavy atom. The minimum Gasteiger partial charge on any atom is -0.480 e. The van der Waals surface area contributed by atoms with Gasteiger partial charge in [-0.05, 0) is 32.1 Å². The van der Waals surface area contributed by atoms with Gasteiger partial charge >= 0.3 is 5.97 Å². The minimum atomic E-state index is -1.29. The number of hydroxylamine groups is 1. The number of carboxylic acid groups (broad SMARTS) is 1. The van der Waals surface area contributed by atoms with Crippen molar-refractivity contribution >= 4 is 23.7 Å². The van der Waals surface area contributed by atoms with Crippen LogP contribution in [0.1, 0.15) is 72.6 Å². The molecule has 3 amide bonds. The highest BCUT2D eigenvalue weighted by atomic mass is 16.5. The monoisotopic (exact) mass is 413 g/mol. The van der Waals surface area contributed by atoms with E-state index in [4.69, 9.17) is 5.21 Å². The van der Waals surface area contributed by atoms with Crippen LogP contribution >= 0.6 is 0 Å². The first-order chi connectivity index (χ1) is 13.6. The predicted molar refractivity (Wildman–Crippen MR) is 106 cm³/mol. The highest BCUT2D eigenvalue weighted by Gasteiger charge is 2.48. The number of amides is 3. The van der Waals surface area contributed by atoms with Crippen LogP contribution in [-0.2, 0) is 19.2 Å². The van der Waals surface area contributed by atoms with Crippen LogP contribution in [0.2, 0.25) is 0 Å². The maximum Gasteiger partial charge on any atom is 0.329 e. The molecular weight excluding hydrogens is 378 g/mol. The van der Waals surface area contributed by atoms with Crippen LogP contribution in [0.25, 0.3) is 0 Å². The van der Waals surface area contributed by atoms with Gasteiger partial charge in [-0.3, -0.25) is 19.6 Å². The van der Waals surface area contributed by atoms with Crippen molar-refractivity contribution in [3.63, 3.8) is 0 Å². The molecule has 3 unspecified atom stereocenters. The Hall–Kier alpha value is -2.16. The summed E-state index contributed by atoms with van der Waals surface area (Å²) < 4.78 is 0. The SMILES string of the molecule is CCCCCC(CC(=O)NO)C(=O)NC(C(=O)N1CCCC1(C)C(=O)O)C(C)C. The Labute approximate surface area is 172 Å². The van der Waals surface area contributed by atoms with Crippen LogP contribution in [0.3, 0.4) is 0 Å². The molecule has 0 spiro atoms. The van der Waals surface area contributed by atoms with Gasteiger partial charge in [0.15, 0.2) is 0 Å². The molecule has 0 radical (unpaired) electrons. The van der Waals surface area contributed by atoms with Crippen molar-refractivity contribution in [2.75, 3.05) is 6.54 Å². The van der Waals surface area contributed by atoms with Gasteiger partial charge in [0.1, 0.15) is 11.6 Å². The zero-order valence-corrected chi connectivity index (χ0v) is 17.9. The summed E-state index contributed by atoms with van der Waals surface area (Å²) in [6, 6.07) is -0.884. The molecule has 166 valence electrons. The fourth-order valence-electron chi connectivity index (χ4n) is 3.73. The van der Waals surface area contributed by atoms with E-state index in [0.29, 0.717) is 25.8 Å². The Bertz CT molecular complexity index is 609. The van der Waals surface area contributed by atoms with Crippen LogP contribution in [0, 0.1) is 11.8 Å². The summed E-state index contributed by atoms with van der Waals surface area (Å²) in [5.41, 5.74) is 0.263. The average molecular weight is 414 g/mol. The lowest BCUT2D eigenvalue weighted by atomic mass is 9.93. The molecule has 0 bridgehead atoms. The van der Waals surface area contributed by atoms with Gasteiger partial charge < -0.3 is 15.3 Å². The number of likely N-dealkylation sites (tertiary alicyclic amines) is 1. The third-order valence-electron chi connectivity index (χ3n) is 5.68. The highest BCUT2D eigenvalue weighted by Crippen LogP contribution is 2.30. The number of nitrogens with one attached hydrogen (secondary N) is 2. The van der Waals surface area contributed by atoms with Gasteiger partial charge in [-0.15, -0.1) is 0 Å². The first kappa shape index (κ1) is 24.9. The summed E-state index contributed by atoms with van der Waals surface area (Å²) in [6.07, 6.45) is 3.84. The standard InChI is InChI=1S/C20H35N3O6/c1-5-6-7-9-14(12-15(24)22-29)17(25)21-16(13(2)3)18(26)23-11-8-10-20(23,4)19(27)28/h13-14,16,29H,5-12H2,1-4H3,(H,21,25)(H,22,24)(H,27,28). The topological polar surface area (TPSA) is 136 Å². The second-order valence-corrected chi connectivity index (χ2v) is 8.33. The van der Waals surface area contributed by atoms with Gasteiger partial charge in [-0.2, -0.15) is 0 Å². The van der Waals surface area contributed by atoms with E-state index < -0.39 is 41.2 Å². The number of rotatable bonds is 11. The smallest absolute Gasteiger partial charge is 0.329 e. The number of carbonyl (C=O) groups is 4. The fraction of sp³-hybridized carbons (Fsp3) is 0.800. The van der Waals surface area contributed by atoms with Gasteiger partial charge in [0.25, 0.3) is 0 Å². The molecule has 1 saturated heterocycles. The summed E-state index contributed by atoms with van der Waals surface area (Å²) in [7, 11) is 0. The molecule has 0 saturated carbocycles. The molecule has 1 aliphatic rings. The zero-order valence-electron chi connectivity index (χ0n) is 17.9. The number of aliphatic carboxylic acids is 1. The Morgan fingerprint density at radius 3 is 2.34 bits per heavy atom. The lowest BCUT2D eigenvalue weighted by Gasteiger charge is -2.35. The van der Waals surface area contributed by atoms with E-state index in [1.165, 1.54) is 11.8 Å². The molecule has 1 rings (SSSR count). The number of hydrogen-bond acceptors (Lipinski definition) is 5. The van der Waals surface area contributed by atoms with Crippen LogP contribution in [0.4, 0.5) is 0 Å².